The van der Waals surface area contributed by atoms with Crippen molar-refractivity contribution in [2.45, 2.75) is 45.2 Å². The number of carbonyl (C=O) groups excluding carboxylic acids is 1. The molecule has 1 heterocycles. The van der Waals surface area contributed by atoms with Gasteiger partial charge in [0, 0.05) is 24.3 Å². The number of hydrogen-bond donors (Lipinski definition) is 1. The smallest absolute Gasteiger partial charge is 0.269 e. The fourth-order valence-corrected chi connectivity index (χ4v) is 5.08. The van der Waals surface area contributed by atoms with Crippen molar-refractivity contribution in [3.8, 4) is 11.1 Å². The van der Waals surface area contributed by atoms with Gasteiger partial charge in [0.25, 0.3) is 5.91 Å². The lowest BCUT2D eigenvalue weighted by molar-refractivity contribution is -0.0173. The molecule has 1 aliphatic heterocycles. The van der Waals surface area contributed by atoms with E-state index in [-0.39, 0.29) is 5.91 Å². The largest absolute Gasteiger partial charge is 0.284 e. The molecule has 7 heteroatoms. The van der Waals surface area contributed by atoms with Crippen LogP contribution in [0.2, 0.25) is 0 Å². The summed E-state index contributed by atoms with van der Waals surface area (Å²) in [6, 6.07) is 11.8. The molecule has 1 aliphatic carbocycles. The van der Waals surface area contributed by atoms with Gasteiger partial charge in [0.2, 0.25) is 10.0 Å². The monoisotopic (exact) mass is 413 g/mol. The normalized spacial score (nSPS) is 17.2. The van der Waals surface area contributed by atoms with E-state index in [2.05, 4.69) is 15.8 Å². The molecule has 1 saturated carbocycles. The van der Waals surface area contributed by atoms with Crippen LogP contribution in [0.1, 0.15) is 47.2 Å². The first-order chi connectivity index (χ1) is 13.7. The van der Waals surface area contributed by atoms with Crippen LogP contribution in [0.5, 0.6) is 0 Å². The number of nitrogens with zero attached hydrogens (tertiary/aromatic N) is 2. The van der Waals surface area contributed by atoms with Crippen LogP contribution >= 0.6 is 0 Å². The van der Waals surface area contributed by atoms with Crippen molar-refractivity contribution in [1.82, 2.24) is 10.0 Å². The van der Waals surface area contributed by atoms with Crippen LogP contribution in [0.15, 0.2) is 36.4 Å². The number of rotatable bonds is 5. The summed E-state index contributed by atoms with van der Waals surface area (Å²) in [5.74, 6) is 0.0749. The van der Waals surface area contributed by atoms with E-state index in [0.717, 1.165) is 46.9 Å². The average Bonchev–Trinajstić information content (AvgIpc) is 3.28. The minimum atomic E-state index is -3.33. The van der Waals surface area contributed by atoms with Gasteiger partial charge in [-0.05, 0) is 60.2 Å². The van der Waals surface area contributed by atoms with E-state index in [4.69, 9.17) is 0 Å². The average molecular weight is 414 g/mol. The van der Waals surface area contributed by atoms with Gasteiger partial charge in [-0.15, -0.1) is 0 Å². The van der Waals surface area contributed by atoms with E-state index < -0.39 is 10.0 Å². The summed E-state index contributed by atoms with van der Waals surface area (Å²) in [6.07, 6.45) is 5.87. The number of sulfonamides is 1. The maximum absolute atomic E-state index is 13.1. The molecule has 154 valence electrons. The van der Waals surface area contributed by atoms with E-state index >= 15 is 0 Å². The third-order valence-electron chi connectivity index (χ3n) is 5.92. The van der Waals surface area contributed by atoms with Crippen molar-refractivity contribution in [3.05, 3.63) is 53.1 Å². The van der Waals surface area contributed by atoms with Crippen molar-refractivity contribution in [3.63, 3.8) is 0 Å². The predicted molar refractivity (Wildman–Crippen MR) is 115 cm³/mol. The SMILES string of the molecule is Cc1cc(-c2cccc(NS(C)(=O)=O)c2)cc2c1C(=O)N(N(C)C1CCCC1)C2. The lowest BCUT2D eigenvalue weighted by atomic mass is 9.96. The second kappa shape index (κ2) is 7.46. The third-order valence-corrected chi connectivity index (χ3v) is 6.53. The van der Waals surface area contributed by atoms with Crippen molar-refractivity contribution < 1.29 is 13.2 Å². The van der Waals surface area contributed by atoms with Crippen molar-refractivity contribution in [1.29, 1.82) is 0 Å². The minimum absolute atomic E-state index is 0.0749. The molecule has 0 unspecified atom stereocenters. The van der Waals surface area contributed by atoms with Gasteiger partial charge < -0.3 is 0 Å². The zero-order valence-electron chi connectivity index (χ0n) is 17.1. The summed E-state index contributed by atoms with van der Waals surface area (Å²) in [6.45, 7) is 2.55. The number of aryl methyl sites for hydroxylation is 1. The molecular formula is C22H27N3O3S. The molecule has 1 fully saturated rings. The number of hydrogen-bond acceptors (Lipinski definition) is 4. The molecule has 0 spiro atoms. The van der Waals surface area contributed by atoms with Gasteiger partial charge in [-0.3, -0.25) is 14.5 Å². The van der Waals surface area contributed by atoms with Gasteiger partial charge in [-0.2, -0.15) is 0 Å². The Kier molecular flexibility index (Phi) is 5.12. The van der Waals surface area contributed by atoms with E-state index in [1.165, 1.54) is 12.8 Å². The van der Waals surface area contributed by atoms with Gasteiger partial charge in [0.1, 0.15) is 0 Å². The first-order valence-electron chi connectivity index (χ1n) is 9.99. The van der Waals surface area contributed by atoms with Crippen molar-refractivity contribution in [2.24, 2.45) is 0 Å². The second-order valence-electron chi connectivity index (χ2n) is 8.16. The molecule has 6 nitrogen and oxygen atoms in total. The molecule has 0 atom stereocenters. The number of amides is 1. The number of anilines is 1. The maximum Gasteiger partial charge on any atom is 0.269 e. The first-order valence-corrected chi connectivity index (χ1v) is 11.9. The summed E-state index contributed by atoms with van der Waals surface area (Å²) < 4.78 is 25.6. The fourth-order valence-electron chi connectivity index (χ4n) is 4.53. The van der Waals surface area contributed by atoms with Gasteiger partial charge in [-0.1, -0.05) is 31.0 Å². The Morgan fingerprint density at radius 3 is 2.52 bits per heavy atom. The lowest BCUT2D eigenvalue weighted by Gasteiger charge is -2.33. The highest BCUT2D eigenvalue weighted by atomic mass is 32.2. The Hall–Kier alpha value is -2.38. The van der Waals surface area contributed by atoms with E-state index in [9.17, 15) is 13.2 Å². The Bertz CT molecular complexity index is 1060. The highest BCUT2D eigenvalue weighted by Gasteiger charge is 2.35. The number of nitrogens with one attached hydrogen (secondary N) is 1. The Balaban J connectivity index is 1.64. The number of benzene rings is 2. The molecule has 0 radical (unpaired) electrons. The lowest BCUT2D eigenvalue weighted by Crippen LogP contribution is -2.45. The van der Waals surface area contributed by atoms with Crippen LogP contribution in [0.3, 0.4) is 0 Å². The standard InChI is InChI=1S/C22H27N3O3S/c1-15-11-17(16-7-6-8-19(13-16)23-29(3,27)28)12-18-14-25(22(26)21(15)18)24(2)20-9-4-5-10-20/h6-8,11-13,20,23H,4-5,9-10,14H2,1-3H3. The molecule has 1 amide bonds. The number of fused-ring (bicyclic) bond motifs is 1. The fraction of sp³-hybridized carbons (Fsp3) is 0.409. The second-order valence-corrected chi connectivity index (χ2v) is 9.91. The van der Waals surface area contributed by atoms with Crippen molar-refractivity contribution in [2.75, 3.05) is 18.0 Å². The molecule has 0 bridgehead atoms. The quantitative estimate of drug-likeness (QED) is 0.810. The Labute approximate surface area is 172 Å². The van der Waals surface area contributed by atoms with E-state index in [1.54, 1.807) is 6.07 Å². The third kappa shape index (κ3) is 4.02. The molecule has 2 aromatic rings. The highest BCUT2D eigenvalue weighted by molar-refractivity contribution is 7.92. The molecule has 1 N–H and O–H groups in total. The molecule has 29 heavy (non-hydrogen) atoms. The van der Waals surface area contributed by atoms with E-state index in [1.807, 2.05) is 43.2 Å². The first kappa shape index (κ1) is 19.9. The van der Waals surface area contributed by atoms with Crippen LogP contribution in [-0.2, 0) is 16.6 Å². The van der Waals surface area contributed by atoms with Gasteiger partial charge in [0.05, 0.1) is 12.8 Å². The topological polar surface area (TPSA) is 69.7 Å². The molecule has 0 saturated heterocycles. The Morgan fingerprint density at radius 2 is 1.83 bits per heavy atom. The van der Waals surface area contributed by atoms with Gasteiger partial charge in [-0.25, -0.2) is 13.4 Å². The number of carbonyl (C=O) groups is 1. The highest BCUT2D eigenvalue weighted by Crippen LogP contribution is 2.34. The number of hydrazine groups is 1. The molecule has 0 aromatic heterocycles. The summed E-state index contributed by atoms with van der Waals surface area (Å²) >= 11 is 0. The molecule has 2 aromatic carbocycles. The predicted octanol–water partition coefficient (Wildman–Crippen LogP) is 3.78. The summed E-state index contributed by atoms with van der Waals surface area (Å²) in [7, 11) is -1.31. The molecular weight excluding hydrogens is 386 g/mol. The van der Waals surface area contributed by atoms with Crippen LogP contribution in [0, 0.1) is 6.92 Å². The summed E-state index contributed by atoms with van der Waals surface area (Å²) in [4.78, 5) is 13.1. The summed E-state index contributed by atoms with van der Waals surface area (Å²) in [5.41, 5.74) is 5.20. The van der Waals surface area contributed by atoms with Crippen LogP contribution in [0.4, 0.5) is 5.69 Å². The van der Waals surface area contributed by atoms with Crippen LogP contribution in [0.25, 0.3) is 11.1 Å². The Morgan fingerprint density at radius 1 is 1.10 bits per heavy atom. The summed E-state index contributed by atoms with van der Waals surface area (Å²) in [5, 5.41) is 4.00. The molecule has 4 rings (SSSR count). The van der Waals surface area contributed by atoms with E-state index in [0.29, 0.717) is 18.3 Å². The maximum atomic E-state index is 13.1. The minimum Gasteiger partial charge on any atom is -0.284 e. The van der Waals surface area contributed by atoms with Crippen molar-refractivity contribution >= 4 is 21.6 Å². The zero-order valence-corrected chi connectivity index (χ0v) is 17.9. The van der Waals surface area contributed by atoms with Gasteiger partial charge in [0.15, 0.2) is 0 Å². The van der Waals surface area contributed by atoms with Gasteiger partial charge >= 0.3 is 0 Å². The van der Waals surface area contributed by atoms with Crippen LogP contribution in [-0.4, -0.2) is 43.7 Å². The molecule has 2 aliphatic rings. The van der Waals surface area contributed by atoms with Crippen LogP contribution < -0.4 is 4.72 Å². The zero-order chi connectivity index (χ0) is 20.8.